The predicted molar refractivity (Wildman–Crippen MR) is 118 cm³/mol. The van der Waals surface area contributed by atoms with Crippen molar-refractivity contribution in [3.63, 3.8) is 0 Å². The molecule has 2 aliphatic rings. The van der Waals surface area contributed by atoms with Gasteiger partial charge in [-0.2, -0.15) is 0 Å². The Bertz CT molecular complexity index is 1120. The molecule has 1 aromatic carbocycles. The van der Waals surface area contributed by atoms with Crippen molar-refractivity contribution in [2.24, 2.45) is 5.92 Å². The van der Waals surface area contributed by atoms with Crippen LogP contribution in [0.1, 0.15) is 59.5 Å². The lowest BCUT2D eigenvalue weighted by molar-refractivity contribution is 0.0694. The lowest BCUT2D eigenvalue weighted by atomic mass is 9.85. The number of fused-ring (bicyclic) bond motifs is 3. The van der Waals surface area contributed by atoms with E-state index in [0.717, 1.165) is 36.3 Å². The molecule has 1 saturated heterocycles. The Morgan fingerprint density at radius 2 is 1.94 bits per heavy atom. The first-order valence-electron chi connectivity index (χ1n) is 10.7. The van der Waals surface area contributed by atoms with E-state index in [1.165, 1.54) is 12.3 Å². The molecule has 0 saturated carbocycles. The van der Waals surface area contributed by atoms with Gasteiger partial charge in [0.05, 0.1) is 11.8 Å². The minimum absolute atomic E-state index is 0.0162. The number of ether oxygens (including phenoxy) is 1. The number of aromatic nitrogens is 1. The zero-order valence-corrected chi connectivity index (χ0v) is 18.3. The molecule has 0 bridgehead atoms. The van der Waals surface area contributed by atoms with Crippen molar-refractivity contribution >= 4 is 17.4 Å². The first kappa shape index (κ1) is 21.3. The zero-order valence-electron chi connectivity index (χ0n) is 18.3. The molecule has 1 N–H and O–H groups in total. The number of carboxylic acids is 1. The van der Waals surface area contributed by atoms with E-state index in [1.54, 1.807) is 14.0 Å². The predicted octanol–water partition coefficient (Wildman–Crippen LogP) is 3.39. The highest BCUT2D eigenvalue weighted by Crippen LogP contribution is 2.41. The third-order valence-electron chi connectivity index (χ3n) is 6.56. The minimum Gasteiger partial charge on any atom is -0.477 e. The molecule has 1 fully saturated rings. The Hall–Kier alpha value is -2.93. The number of carbonyl (C=O) groups is 2. The van der Waals surface area contributed by atoms with Crippen LogP contribution in [0.4, 0.5) is 5.69 Å². The fraction of sp³-hybridized carbons (Fsp3) is 0.458. The van der Waals surface area contributed by atoms with Crippen LogP contribution < -0.4 is 10.3 Å². The van der Waals surface area contributed by atoms with Crippen LogP contribution in [-0.2, 0) is 11.2 Å². The van der Waals surface area contributed by atoms with E-state index in [4.69, 9.17) is 4.74 Å². The topological polar surface area (TPSA) is 88.8 Å². The number of nitrogens with zero attached hydrogens (tertiary/aromatic N) is 2. The molecule has 7 nitrogen and oxygen atoms in total. The fourth-order valence-electron chi connectivity index (χ4n) is 4.80. The Morgan fingerprint density at radius 1 is 1.19 bits per heavy atom. The second-order valence-corrected chi connectivity index (χ2v) is 8.84. The SMILES string of the molecule is CO[C@@H]1CCN(c2cc3c(cc2C(C)=O)-c2cc(=O)c(C(=O)O)cn2C(C(C)C)C3)C1. The third kappa shape index (κ3) is 3.67. The Morgan fingerprint density at radius 3 is 2.52 bits per heavy atom. The molecule has 0 amide bonds. The normalized spacial score (nSPS) is 20.0. The number of Topliss-reactive ketones (excluding diaryl/α,β-unsaturated/α-hetero) is 1. The molecule has 7 heteroatoms. The lowest BCUT2D eigenvalue weighted by Crippen LogP contribution is -2.29. The van der Waals surface area contributed by atoms with Gasteiger partial charge in [-0.05, 0) is 43.4 Å². The molecule has 0 aliphatic carbocycles. The van der Waals surface area contributed by atoms with E-state index in [1.807, 2.05) is 10.6 Å². The smallest absolute Gasteiger partial charge is 0.341 e. The van der Waals surface area contributed by atoms with Gasteiger partial charge in [0.2, 0.25) is 0 Å². The van der Waals surface area contributed by atoms with Crippen LogP contribution in [0.2, 0.25) is 0 Å². The molecular formula is C24H28N2O5. The second-order valence-electron chi connectivity index (χ2n) is 8.84. The van der Waals surface area contributed by atoms with Gasteiger partial charge in [-0.25, -0.2) is 4.79 Å². The monoisotopic (exact) mass is 424 g/mol. The zero-order chi connectivity index (χ0) is 22.4. The molecule has 0 radical (unpaired) electrons. The largest absolute Gasteiger partial charge is 0.477 e. The highest BCUT2D eigenvalue weighted by molar-refractivity contribution is 6.01. The summed E-state index contributed by atoms with van der Waals surface area (Å²) in [4.78, 5) is 38.8. The lowest BCUT2D eigenvalue weighted by Gasteiger charge is -2.34. The van der Waals surface area contributed by atoms with E-state index >= 15 is 0 Å². The van der Waals surface area contributed by atoms with Crippen LogP contribution in [-0.4, -0.2) is 47.7 Å². The number of carbonyl (C=O) groups excluding carboxylic acids is 1. The molecule has 31 heavy (non-hydrogen) atoms. The summed E-state index contributed by atoms with van der Waals surface area (Å²) in [6, 6.07) is 5.37. The number of benzene rings is 1. The van der Waals surface area contributed by atoms with E-state index < -0.39 is 11.4 Å². The average Bonchev–Trinajstić information content (AvgIpc) is 3.20. The number of anilines is 1. The van der Waals surface area contributed by atoms with E-state index in [9.17, 15) is 19.5 Å². The van der Waals surface area contributed by atoms with Crippen molar-refractivity contribution in [1.82, 2.24) is 4.57 Å². The summed E-state index contributed by atoms with van der Waals surface area (Å²) in [5, 5.41) is 9.43. The van der Waals surface area contributed by atoms with E-state index in [0.29, 0.717) is 17.7 Å². The molecule has 2 aromatic rings. The van der Waals surface area contributed by atoms with Crippen LogP contribution in [0.25, 0.3) is 11.3 Å². The highest BCUT2D eigenvalue weighted by atomic mass is 16.5. The summed E-state index contributed by atoms with van der Waals surface area (Å²) < 4.78 is 7.40. The van der Waals surface area contributed by atoms with Crippen LogP contribution in [0.15, 0.2) is 29.2 Å². The van der Waals surface area contributed by atoms with Gasteiger partial charge in [0.1, 0.15) is 5.56 Å². The summed E-state index contributed by atoms with van der Waals surface area (Å²) in [6.07, 6.45) is 3.22. The number of aromatic carboxylic acids is 1. The molecule has 2 aliphatic heterocycles. The number of rotatable bonds is 5. The Balaban J connectivity index is 1.91. The number of ketones is 1. The van der Waals surface area contributed by atoms with Gasteiger partial charge in [-0.15, -0.1) is 0 Å². The van der Waals surface area contributed by atoms with Gasteiger partial charge in [0, 0.05) is 55.3 Å². The van der Waals surface area contributed by atoms with Crippen LogP contribution in [0.5, 0.6) is 0 Å². The van der Waals surface area contributed by atoms with Gasteiger partial charge in [0.25, 0.3) is 0 Å². The maximum atomic E-state index is 12.6. The molecule has 1 unspecified atom stereocenters. The van der Waals surface area contributed by atoms with Crippen LogP contribution >= 0.6 is 0 Å². The van der Waals surface area contributed by atoms with Crippen molar-refractivity contribution in [3.05, 3.63) is 51.3 Å². The van der Waals surface area contributed by atoms with Crippen molar-refractivity contribution < 1.29 is 19.4 Å². The Labute approximate surface area is 181 Å². The quantitative estimate of drug-likeness (QED) is 0.740. The minimum atomic E-state index is -1.23. The maximum absolute atomic E-state index is 12.6. The molecular weight excluding hydrogens is 396 g/mol. The average molecular weight is 424 g/mol. The van der Waals surface area contributed by atoms with Crippen molar-refractivity contribution in [2.45, 2.75) is 45.8 Å². The first-order valence-corrected chi connectivity index (χ1v) is 10.7. The summed E-state index contributed by atoms with van der Waals surface area (Å²) >= 11 is 0. The van der Waals surface area contributed by atoms with Crippen LogP contribution in [0.3, 0.4) is 0 Å². The first-order chi connectivity index (χ1) is 14.7. The van der Waals surface area contributed by atoms with Crippen molar-refractivity contribution in [3.8, 4) is 11.3 Å². The maximum Gasteiger partial charge on any atom is 0.341 e. The fourth-order valence-corrected chi connectivity index (χ4v) is 4.80. The molecule has 4 rings (SSSR count). The molecule has 3 heterocycles. The number of carboxylic acid groups (broad SMARTS) is 1. The van der Waals surface area contributed by atoms with Gasteiger partial charge < -0.3 is 19.3 Å². The third-order valence-corrected chi connectivity index (χ3v) is 6.56. The van der Waals surface area contributed by atoms with Gasteiger partial charge in [-0.3, -0.25) is 9.59 Å². The van der Waals surface area contributed by atoms with Gasteiger partial charge >= 0.3 is 5.97 Å². The standard InChI is InChI=1S/C24H28N2O5/c1-13(2)20-7-15-8-21(25-6-5-16(11-25)31-4)17(14(3)27)9-18(15)22-10-23(28)19(24(29)30)12-26(20)22/h8-10,12-13,16,20H,5-7,11H2,1-4H3,(H,29,30)/t16-,20?/m1/s1. The molecule has 1 aromatic heterocycles. The molecule has 2 atom stereocenters. The number of hydrogen-bond acceptors (Lipinski definition) is 5. The summed E-state index contributed by atoms with van der Waals surface area (Å²) in [7, 11) is 1.71. The van der Waals surface area contributed by atoms with Crippen molar-refractivity contribution in [2.75, 3.05) is 25.1 Å². The molecule has 164 valence electrons. The Kier molecular flexibility index (Phi) is 5.47. The van der Waals surface area contributed by atoms with Gasteiger partial charge in [0.15, 0.2) is 11.2 Å². The summed E-state index contributed by atoms with van der Waals surface area (Å²) in [5.41, 5.74) is 3.32. The summed E-state index contributed by atoms with van der Waals surface area (Å²) in [6.45, 7) is 7.29. The van der Waals surface area contributed by atoms with Gasteiger partial charge in [-0.1, -0.05) is 13.8 Å². The number of pyridine rings is 1. The van der Waals surface area contributed by atoms with E-state index in [2.05, 4.69) is 24.8 Å². The van der Waals surface area contributed by atoms with E-state index in [-0.39, 0.29) is 29.4 Å². The van der Waals surface area contributed by atoms with Crippen molar-refractivity contribution in [1.29, 1.82) is 0 Å². The van der Waals surface area contributed by atoms with Crippen LogP contribution in [0, 0.1) is 5.92 Å². The molecule has 0 spiro atoms. The summed E-state index contributed by atoms with van der Waals surface area (Å²) in [5.74, 6) is -1.03. The number of hydrogen-bond donors (Lipinski definition) is 1. The second kappa shape index (κ2) is 7.96. The highest BCUT2D eigenvalue weighted by Gasteiger charge is 2.31. The number of methoxy groups -OCH3 is 1.